The molecule has 106 valence electrons. The number of nitrogens with two attached hydrogens (primary N) is 2. The average molecular weight is 255 g/mol. The summed E-state index contributed by atoms with van der Waals surface area (Å²) in [7, 11) is 0. The lowest BCUT2D eigenvalue weighted by atomic mass is 9.78. The predicted molar refractivity (Wildman–Crippen MR) is 75.1 cm³/mol. The van der Waals surface area contributed by atoms with Crippen LogP contribution in [0, 0.1) is 5.92 Å². The molecule has 0 bridgehead atoms. The maximum atomic E-state index is 11.5. The standard InChI is InChI=1S/C14H29N3O/c1-4-11(3)10-17(5-2)12-7-6-8-14(16,9-12)13(15)18/h11-12H,4-10,16H2,1-3H3,(H2,15,18). The fraction of sp³-hybridized carbons (Fsp3) is 0.929. The summed E-state index contributed by atoms with van der Waals surface area (Å²) < 4.78 is 0. The minimum absolute atomic E-state index is 0.341. The summed E-state index contributed by atoms with van der Waals surface area (Å²) in [5, 5.41) is 0. The number of hydrogen-bond acceptors (Lipinski definition) is 3. The molecule has 1 aliphatic rings. The minimum Gasteiger partial charge on any atom is -0.368 e. The van der Waals surface area contributed by atoms with E-state index in [1.165, 1.54) is 6.42 Å². The molecule has 0 spiro atoms. The van der Waals surface area contributed by atoms with Crippen LogP contribution in [0.3, 0.4) is 0 Å². The maximum absolute atomic E-state index is 11.5. The van der Waals surface area contributed by atoms with E-state index in [4.69, 9.17) is 11.5 Å². The van der Waals surface area contributed by atoms with Crippen LogP contribution in [0.4, 0.5) is 0 Å². The molecule has 3 unspecified atom stereocenters. The normalized spacial score (nSPS) is 30.4. The first-order valence-electron chi connectivity index (χ1n) is 7.25. The lowest BCUT2D eigenvalue weighted by molar-refractivity contribution is -0.125. The summed E-state index contributed by atoms with van der Waals surface area (Å²) in [4.78, 5) is 14.0. The maximum Gasteiger partial charge on any atom is 0.237 e. The highest BCUT2D eigenvalue weighted by Gasteiger charge is 2.39. The largest absolute Gasteiger partial charge is 0.368 e. The van der Waals surface area contributed by atoms with E-state index in [1.807, 2.05) is 0 Å². The molecule has 4 N–H and O–H groups in total. The van der Waals surface area contributed by atoms with Crippen molar-refractivity contribution in [2.75, 3.05) is 13.1 Å². The van der Waals surface area contributed by atoms with E-state index in [1.54, 1.807) is 0 Å². The van der Waals surface area contributed by atoms with Crippen molar-refractivity contribution in [1.82, 2.24) is 4.90 Å². The van der Waals surface area contributed by atoms with Gasteiger partial charge in [0.05, 0.1) is 5.54 Å². The van der Waals surface area contributed by atoms with Gasteiger partial charge in [0, 0.05) is 12.6 Å². The molecule has 0 saturated heterocycles. The fourth-order valence-corrected chi connectivity index (χ4v) is 2.88. The number of hydrogen-bond donors (Lipinski definition) is 2. The Balaban J connectivity index is 2.66. The predicted octanol–water partition coefficient (Wildman–Crippen LogP) is 1.48. The molecular weight excluding hydrogens is 226 g/mol. The number of nitrogens with zero attached hydrogens (tertiary/aromatic N) is 1. The topological polar surface area (TPSA) is 72.3 Å². The highest BCUT2D eigenvalue weighted by molar-refractivity contribution is 5.84. The van der Waals surface area contributed by atoms with Gasteiger partial charge in [-0.1, -0.05) is 27.2 Å². The van der Waals surface area contributed by atoms with Gasteiger partial charge in [0.2, 0.25) is 5.91 Å². The van der Waals surface area contributed by atoms with Gasteiger partial charge in [-0.25, -0.2) is 0 Å². The van der Waals surface area contributed by atoms with Crippen molar-refractivity contribution in [3.63, 3.8) is 0 Å². The molecular formula is C14H29N3O. The van der Waals surface area contributed by atoms with Gasteiger partial charge < -0.3 is 16.4 Å². The monoisotopic (exact) mass is 255 g/mol. The van der Waals surface area contributed by atoms with E-state index in [-0.39, 0.29) is 5.91 Å². The van der Waals surface area contributed by atoms with Gasteiger partial charge in [0.25, 0.3) is 0 Å². The van der Waals surface area contributed by atoms with Crippen molar-refractivity contribution < 1.29 is 4.79 Å². The molecule has 1 saturated carbocycles. The molecule has 0 aliphatic heterocycles. The van der Waals surface area contributed by atoms with Crippen molar-refractivity contribution in [2.45, 2.75) is 64.5 Å². The van der Waals surface area contributed by atoms with Crippen LogP contribution in [0.15, 0.2) is 0 Å². The Bertz CT molecular complexity index is 282. The summed E-state index contributed by atoms with van der Waals surface area (Å²) in [6.45, 7) is 8.78. The van der Waals surface area contributed by atoms with E-state index in [0.29, 0.717) is 18.4 Å². The summed E-state index contributed by atoms with van der Waals surface area (Å²) in [5.74, 6) is 0.347. The summed E-state index contributed by atoms with van der Waals surface area (Å²) >= 11 is 0. The Hall–Kier alpha value is -0.610. The summed E-state index contributed by atoms with van der Waals surface area (Å²) in [6.07, 6.45) is 4.77. The molecule has 0 heterocycles. The number of carbonyl (C=O) groups excluding carboxylic acids is 1. The second-order valence-corrected chi connectivity index (χ2v) is 5.87. The second-order valence-electron chi connectivity index (χ2n) is 5.87. The van der Waals surface area contributed by atoms with E-state index in [9.17, 15) is 4.79 Å². The number of carbonyl (C=O) groups is 1. The molecule has 1 rings (SSSR count). The van der Waals surface area contributed by atoms with E-state index >= 15 is 0 Å². The zero-order valence-electron chi connectivity index (χ0n) is 12.1. The van der Waals surface area contributed by atoms with Crippen molar-refractivity contribution in [3.05, 3.63) is 0 Å². The van der Waals surface area contributed by atoms with Crippen LogP contribution in [-0.4, -0.2) is 35.5 Å². The molecule has 1 aliphatic carbocycles. The second kappa shape index (κ2) is 6.53. The van der Waals surface area contributed by atoms with E-state index < -0.39 is 5.54 Å². The zero-order chi connectivity index (χ0) is 13.8. The number of rotatable bonds is 6. The Labute approximate surface area is 111 Å². The zero-order valence-corrected chi connectivity index (χ0v) is 12.1. The van der Waals surface area contributed by atoms with Crippen LogP contribution in [-0.2, 0) is 4.79 Å². The summed E-state index contributed by atoms with van der Waals surface area (Å²) in [5.41, 5.74) is 10.8. The Morgan fingerprint density at radius 1 is 1.50 bits per heavy atom. The highest BCUT2D eigenvalue weighted by atomic mass is 16.1. The van der Waals surface area contributed by atoms with Crippen LogP contribution in [0.1, 0.15) is 52.9 Å². The van der Waals surface area contributed by atoms with Crippen LogP contribution >= 0.6 is 0 Å². The first kappa shape index (κ1) is 15.4. The number of amides is 1. The molecule has 4 nitrogen and oxygen atoms in total. The quantitative estimate of drug-likeness (QED) is 0.755. The van der Waals surface area contributed by atoms with Crippen molar-refractivity contribution in [3.8, 4) is 0 Å². The van der Waals surface area contributed by atoms with Gasteiger partial charge in [-0.05, 0) is 38.1 Å². The molecule has 0 aromatic rings. The van der Waals surface area contributed by atoms with Crippen LogP contribution in [0.5, 0.6) is 0 Å². The van der Waals surface area contributed by atoms with Crippen LogP contribution in [0.25, 0.3) is 0 Å². The highest BCUT2D eigenvalue weighted by Crippen LogP contribution is 2.29. The van der Waals surface area contributed by atoms with Crippen LogP contribution < -0.4 is 11.5 Å². The SMILES string of the molecule is CCC(C)CN(CC)C1CCCC(N)(C(N)=O)C1. The van der Waals surface area contributed by atoms with Gasteiger partial charge in [-0.3, -0.25) is 4.79 Å². The molecule has 18 heavy (non-hydrogen) atoms. The lowest BCUT2D eigenvalue weighted by Gasteiger charge is -2.41. The third-order valence-corrected chi connectivity index (χ3v) is 4.42. The van der Waals surface area contributed by atoms with Gasteiger partial charge in [-0.15, -0.1) is 0 Å². The minimum atomic E-state index is -0.786. The van der Waals surface area contributed by atoms with Crippen molar-refractivity contribution in [1.29, 1.82) is 0 Å². The Kier molecular flexibility index (Phi) is 5.60. The Morgan fingerprint density at radius 3 is 2.67 bits per heavy atom. The fourth-order valence-electron chi connectivity index (χ4n) is 2.88. The Morgan fingerprint density at radius 2 is 2.17 bits per heavy atom. The lowest BCUT2D eigenvalue weighted by Crippen LogP contribution is -2.58. The summed E-state index contributed by atoms with van der Waals surface area (Å²) in [6, 6.07) is 0.412. The van der Waals surface area contributed by atoms with Crippen molar-refractivity contribution >= 4 is 5.91 Å². The molecule has 4 heteroatoms. The van der Waals surface area contributed by atoms with Gasteiger partial charge >= 0.3 is 0 Å². The third kappa shape index (κ3) is 3.69. The van der Waals surface area contributed by atoms with Gasteiger partial charge in [0.15, 0.2) is 0 Å². The molecule has 1 amide bonds. The third-order valence-electron chi connectivity index (χ3n) is 4.42. The molecule has 0 radical (unpaired) electrons. The molecule has 1 fully saturated rings. The number of primary amides is 1. The first-order chi connectivity index (χ1) is 8.42. The first-order valence-corrected chi connectivity index (χ1v) is 7.25. The van der Waals surface area contributed by atoms with Crippen molar-refractivity contribution in [2.24, 2.45) is 17.4 Å². The molecule has 0 aromatic heterocycles. The molecule has 0 aromatic carbocycles. The smallest absolute Gasteiger partial charge is 0.237 e. The molecule has 3 atom stereocenters. The van der Waals surface area contributed by atoms with E-state index in [2.05, 4.69) is 25.7 Å². The average Bonchev–Trinajstić information content (AvgIpc) is 2.35. The van der Waals surface area contributed by atoms with E-state index in [0.717, 1.165) is 32.4 Å². The van der Waals surface area contributed by atoms with Gasteiger partial charge in [0.1, 0.15) is 0 Å². The van der Waals surface area contributed by atoms with Gasteiger partial charge in [-0.2, -0.15) is 0 Å². The van der Waals surface area contributed by atoms with Crippen LogP contribution in [0.2, 0.25) is 0 Å².